The van der Waals surface area contributed by atoms with Crippen LogP contribution in [0, 0.1) is 6.92 Å². The van der Waals surface area contributed by atoms with Crippen molar-refractivity contribution < 1.29 is 18.7 Å². The monoisotopic (exact) mass is 301 g/mol. The molecule has 5 heteroatoms. The second-order valence-electron chi connectivity index (χ2n) is 5.08. The fourth-order valence-electron chi connectivity index (χ4n) is 2.02. The van der Waals surface area contributed by atoms with Crippen LogP contribution in [-0.2, 0) is 9.53 Å². The molecule has 0 aliphatic heterocycles. The maximum atomic E-state index is 11.7. The van der Waals surface area contributed by atoms with Gasteiger partial charge < -0.3 is 14.5 Å². The molecule has 0 unspecified atom stereocenters. The van der Waals surface area contributed by atoms with Crippen LogP contribution in [0.25, 0.3) is 0 Å². The summed E-state index contributed by atoms with van der Waals surface area (Å²) in [7, 11) is 0. The molecule has 0 bridgehead atoms. The summed E-state index contributed by atoms with van der Waals surface area (Å²) in [4.78, 5) is 23.5. The highest BCUT2D eigenvalue weighted by Crippen LogP contribution is 2.13. The van der Waals surface area contributed by atoms with Gasteiger partial charge in [0.05, 0.1) is 6.26 Å². The molecule has 0 aliphatic carbocycles. The number of carbonyl (C=O) groups is 2. The van der Waals surface area contributed by atoms with Crippen LogP contribution >= 0.6 is 0 Å². The van der Waals surface area contributed by atoms with Gasteiger partial charge in [0.1, 0.15) is 11.3 Å². The first kappa shape index (κ1) is 15.8. The highest BCUT2D eigenvalue weighted by molar-refractivity contribution is 5.92. The number of rotatable bonds is 6. The van der Waals surface area contributed by atoms with E-state index >= 15 is 0 Å². The third-order valence-corrected chi connectivity index (χ3v) is 3.39. The van der Waals surface area contributed by atoms with Crippen LogP contribution in [-0.4, -0.2) is 25.0 Å². The Morgan fingerprint density at radius 3 is 2.59 bits per heavy atom. The van der Waals surface area contributed by atoms with Gasteiger partial charge in [0.15, 0.2) is 6.61 Å². The van der Waals surface area contributed by atoms with E-state index in [0.717, 1.165) is 5.56 Å². The maximum Gasteiger partial charge on any atom is 0.342 e. The second kappa shape index (κ2) is 7.45. The Morgan fingerprint density at radius 2 is 1.95 bits per heavy atom. The summed E-state index contributed by atoms with van der Waals surface area (Å²) >= 11 is 0. The number of benzene rings is 1. The van der Waals surface area contributed by atoms with E-state index in [1.54, 1.807) is 6.92 Å². The summed E-state index contributed by atoms with van der Waals surface area (Å²) < 4.78 is 9.98. The van der Waals surface area contributed by atoms with E-state index in [1.165, 1.54) is 12.3 Å². The number of aryl methyl sites for hydroxylation is 1. The Morgan fingerprint density at radius 1 is 1.23 bits per heavy atom. The standard InChI is InChI=1S/C17H19NO4/c1-12(14-6-4-3-5-7-14)10-18-16(19)11-22-17(20)15-8-9-21-13(15)2/h3-9,12H,10-11H2,1-2H3,(H,18,19)/t12-/m0/s1. The van der Waals surface area contributed by atoms with Crippen molar-refractivity contribution in [2.45, 2.75) is 19.8 Å². The lowest BCUT2D eigenvalue weighted by atomic mass is 10.0. The Bertz CT molecular complexity index is 633. The number of hydrogen-bond donors (Lipinski definition) is 1. The quantitative estimate of drug-likeness (QED) is 0.833. The van der Waals surface area contributed by atoms with E-state index in [2.05, 4.69) is 5.32 Å². The van der Waals surface area contributed by atoms with Gasteiger partial charge in [-0.3, -0.25) is 4.79 Å². The lowest BCUT2D eigenvalue weighted by molar-refractivity contribution is -0.124. The van der Waals surface area contributed by atoms with Crippen LogP contribution < -0.4 is 5.32 Å². The minimum absolute atomic E-state index is 0.192. The maximum absolute atomic E-state index is 11.7. The second-order valence-corrected chi connectivity index (χ2v) is 5.08. The Hall–Kier alpha value is -2.56. The fourth-order valence-corrected chi connectivity index (χ4v) is 2.02. The van der Waals surface area contributed by atoms with Gasteiger partial charge >= 0.3 is 5.97 Å². The lowest BCUT2D eigenvalue weighted by Crippen LogP contribution is -2.31. The summed E-state index contributed by atoms with van der Waals surface area (Å²) in [5, 5.41) is 2.76. The lowest BCUT2D eigenvalue weighted by Gasteiger charge is -2.13. The van der Waals surface area contributed by atoms with Crippen LogP contribution in [0.2, 0.25) is 0 Å². The van der Waals surface area contributed by atoms with Gasteiger partial charge in [-0.05, 0) is 24.5 Å². The van der Waals surface area contributed by atoms with Crippen molar-refractivity contribution in [1.29, 1.82) is 0 Å². The van der Waals surface area contributed by atoms with Crippen molar-refractivity contribution in [2.75, 3.05) is 13.2 Å². The van der Waals surface area contributed by atoms with Crippen molar-refractivity contribution in [3.8, 4) is 0 Å². The van der Waals surface area contributed by atoms with Crippen LogP contribution in [0.1, 0.15) is 34.5 Å². The van der Waals surface area contributed by atoms with Gasteiger partial charge in [0.2, 0.25) is 0 Å². The zero-order valence-electron chi connectivity index (χ0n) is 12.7. The summed E-state index contributed by atoms with van der Waals surface area (Å²) in [6.07, 6.45) is 1.41. The largest absolute Gasteiger partial charge is 0.469 e. The number of esters is 1. The normalized spacial score (nSPS) is 11.7. The Balaban J connectivity index is 1.74. The molecule has 1 amide bonds. The predicted molar refractivity (Wildman–Crippen MR) is 81.6 cm³/mol. The predicted octanol–water partition coefficient (Wildman–Crippen LogP) is 2.66. The number of carbonyl (C=O) groups excluding carboxylic acids is 2. The highest BCUT2D eigenvalue weighted by Gasteiger charge is 2.15. The SMILES string of the molecule is Cc1occc1C(=O)OCC(=O)NC[C@H](C)c1ccccc1. The highest BCUT2D eigenvalue weighted by atomic mass is 16.5. The van der Waals surface area contributed by atoms with Crippen LogP contribution in [0.4, 0.5) is 0 Å². The molecule has 5 nitrogen and oxygen atoms in total. The van der Waals surface area contributed by atoms with Crippen LogP contribution in [0.3, 0.4) is 0 Å². The van der Waals surface area contributed by atoms with E-state index in [-0.39, 0.29) is 18.4 Å². The zero-order valence-corrected chi connectivity index (χ0v) is 12.7. The molecule has 1 N–H and O–H groups in total. The first-order valence-corrected chi connectivity index (χ1v) is 7.10. The van der Waals surface area contributed by atoms with E-state index < -0.39 is 5.97 Å². The molecular weight excluding hydrogens is 282 g/mol. The minimum atomic E-state index is -0.558. The molecule has 2 aromatic rings. The van der Waals surface area contributed by atoms with Crippen molar-refractivity contribution in [3.05, 3.63) is 59.5 Å². The zero-order chi connectivity index (χ0) is 15.9. The molecule has 0 radical (unpaired) electrons. The molecule has 1 aromatic heterocycles. The summed E-state index contributed by atoms with van der Waals surface area (Å²) in [6, 6.07) is 11.4. The minimum Gasteiger partial charge on any atom is -0.469 e. The fraction of sp³-hybridized carbons (Fsp3) is 0.294. The topological polar surface area (TPSA) is 68.5 Å². The molecule has 0 spiro atoms. The molecule has 22 heavy (non-hydrogen) atoms. The number of amides is 1. The first-order chi connectivity index (χ1) is 10.6. The smallest absolute Gasteiger partial charge is 0.342 e. The summed E-state index contributed by atoms with van der Waals surface area (Å²) in [6.45, 7) is 3.88. The Labute approximate surface area is 129 Å². The van der Waals surface area contributed by atoms with Gasteiger partial charge in [0, 0.05) is 6.54 Å². The summed E-state index contributed by atoms with van der Waals surface area (Å²) in [5.74, 6) is -0.213. The third-order valence-electron chi connectivity index (χ3n) is 3.39. The molecule has 2 rings (SSSR count). The van der Waals surface area contributed by atoms with Gasteiger partial charge in [-0.2, -0.15) is 0 Å². The van der Waals surface area contributed by atoms with E-state index in [4.69, 9.17) is 9.15 Å². The molecule has 0 saturated carbocycles. The van der Waals surface area contributed by atoms with Crippen LogP contribution in [0.15, 0.2) is 47.1 Å². The number of hydrogen-bond acceptors (Lipinski definition) is 4. The van der Waals surface area contributed by atoms with Gasteiger partial charge in [0.25, 0.3) is 5.91 Å². The molecule has 116 valence electrons. The number of furan rings is 1. The third kappa shape index (κ3) is 4.22. The molecule has 0 saturated heterocycles. The van der Waals surface area contributed by atoms with Gasteiger partial charge in [-0.25, -0.2) is 4.79 Å². The van der Waals surface area contributed by atoms with Crippen molar-refractivity contribution >= 4 is 11.9 Å². The summed E-state index contributed by atoms with van der Waals surface area (Å²) in [5.41, 5.74) is 1.49. The van der Waals surface area contributed by atoms with E-state index in [0.29, 0.717) is 17.9 Å². The van der Waals surface area contributed by atoms with Gasteiger partial charge in [-0.15, -0.1) is 0 Å². The molecule has 1 aromatic carbocycles. The van der Waals surface area contributed by atoms with Gasteiger partial charge in [-0.1, -0.05) is 37.3 Å². The number of nitrogens with one attached hydrogen (secondary N) is 1. The molecular formula is C17H19NO4. The number of ether oxygens (including phenoxy) is 1. The van der Waals surface area contributed by atoms with Crippen molar-refractivity contribution in [1.82, 2.24) is 5.32 Å². The average molecular weight is 301 g/mol. The molecule has 1 atom stereocenters. The van der Waals surface area contributed by atoms with Crippen molar-refractivity contribution in [3.63, 3.8) is 0 Å². The van der Waals surface area contributed by atoms with Crippen molar-refractivity contribution in [2.24, 2.45) is 0 Å². The van der Waals surface area contributed by atoms with E-state index in [1.807, 2.05) is 37.3 Å². The first-order valence-electron chi connectivity index (χ1n) is 7.10. The molecule has 0 aliphatic rings. The average Bonchev–Trinajstić information content (AvgIpc) is 2.97. The Kier molecular flexibility index (Phi) is 5.36. The molecule has 0 fully saturated rings. The molecule has 1 heterocycles. The van der Waals surface area contributed by atoms with E-state index in [9.17, 15) is 9.59 Å². The van der Waals surface area contributed by atoms with Crippen LogP contribution in [0.5, 0.6) is 0 Å².